The zero-order chi connectivity index (χ0) is 12.5. The molecule has 0 amide bonds. The van der Waals surface area contributed by atoms with E-state index in [0.717, 1.165) is 0 Å². The van der Waals surface area contributed by atoms with Gasteiger partial charge in [0.2, 0.25) is 0 Å². The molecule has 1 aromatic rings. The van der Waals surface area contributed by atoms with E-state index in [-0.39, 0.29) is 11.5 Å². The number of rotatable bonds is 3. The highest BCUT2D eigenvalue weighted by atomic mass is 16.4. The molecule has 92 valence electrons. The number of hydrazine groups is 1. The predicted molar refractivity (Wildman–Crippen MR) is 65.6 cm³/mol. The molecule has 4 nitrogen and oxygen atoms in total. The molecule has 0 saturated carbocycles. The number of aliphatic carboxylic acids is 1. The van der Waals surface area contributed by atoms with Crippen LogP contribution in [0.2, 0.25) is 0 Å². The van der Waals surface area contributed by atoms with E-state index in [0.29, 0.717) is 6.42 Å². The topological polar surface area (TPSA) is 61.4 Å². The molecule has 1 aliphatic rings. The average Bonchev–Trinajstić information content (AvgIpc) is 2.80. The van der Waals surface area contributed by atoms with Gasteiger partial charge in [-0.3, -0.25) is 10.2 Å². The quantitative estimate of drug-likeness (QED) is 0.737. The molecule has 2 atom stereocenters. The lowest BCUT2D eigenvalue weighted by Gasteiger charge is -2.31. The molecule has 0 spiro atoms. The van der Waals surface area contributed by atoms with Crippen molar-refractivity contribution in [2.45, 2.75) is 37.8 Å². The highest BCUT2D eigenvalue weighted by Gasteiger charge is 2.39. The second-order valence-electron chi connectivity index (χ2n) is 5.06. The first kappa shape index (κ1) is 12.1. The summed E-state index contributed by atoms with van der Waals surface area (Å²) < 4.78 is 0. The van der Waals surface area contributed by atoms with Gasteiger partial charge in [-0.1, -0.05) is 44.2 Å². The summed E-state index contributed by atoms with van der Waals surface area (Å²) >= 11 is 0. The highest BCUT2D eigenvalue weighted by Crippen LogP contribution is 2.30. The van der Waals surface area contributed by atoms with Gasteiger partial charge < -0.3 is 5.11 Å². The van der Waals surface area contributed by atoms with Gasteiger partial charge in [-0.25, -0.2) is 5.43 Å². The van der Waals surface area contributed by atoms with E-state index in [2.05, 4.69) is 36.8 Å². The number of hydrogen-bond acceptors (Lipinski definition) is 3. The molecule has 1 aromatic carbocycles. The first-order valence-corrected chi connectivity index (χ1v) is 5.81. The maximum atomic E-state index is 10.9. The Balaban J connectivity index is 2.15. The van der Waals surface area contributed by atoms with E-state index in [1.807, 2.05) is 18.2 Å². The molecule has 1 saturated heterocycles. The molecular weight excluding hydrogens is 216 g/mol. The van der Waals surface area contributed by atoms with Gasteiger partial charge in [0.25, 0.3) is 0 Å². The van der Waals surface area contributed by atoms with Crippen LogP contribution < -0.4 is 10.9 Å². The number of carbonyl (C=O) groups is 1. The Bertz CT molecular complexity index is 403. The van der Waals surface area contributed by atoms with E-state index in [9.17, 15) is 4.79 Å². The van der Waals surface area contributed by atoms with Crippen LogP contribution >= 0.6 is 0 Å². The van der Waals surface area contributed by atoms with Crippen LogP contribution in [0.3, 0.4) is 0 Å². The predicted octanol–water partition coefficient (Wildman–Crippen LogP) is 1.28. The Morgan fingerprint density at radius 1 is 1.29 bits per heavy atom. The van der Waals surface area contributed by atoms with Crippen LogP contribution in [0.25, 0.3) is 0 Å². The largest absolute Gasteiger partial charge is 0.480 e. The number of nitrogens with one attached hydrogen (secondary N) is 2. The number of benzene rings is 1. The van der Waals surface area contributed by atoms with Gasteiger partial charge in [0.05, 0.1) is 0 Å². The molecule has 4 heteroatoms. The third-order valence-corrected chi connectivity index (χ3v) is 3.59. The number of carboxylic acids is 1. The monoisotopic (exact) mass is 234 g/mol. The van der Waals surface area contributed by atoms with Gasteiger partial charge in [-0.05, 0) is 12.0 Å². The smallest absolute Gasteiger partial charge is 0.322 e. The Morgan fingerprint density at radius 3 is 2.47 bits per heavy atom. The summed E-state index contributed by atoms with van der Waals surface area (Å²) in [6.45, 7) is 4.26. The Hall–Kier alpha value is -1.39. The van der Waals surface area contributed by atoms with Crippen LogP contribution in [0.5, 0.6) is 0 Å². The summed E-state index contributed by atoms with van der Waals surface area (Å²) in [5, 5.41) is 8.96. The Morgan fingerprint density at radius 2 is 1.94 bits per heavy atom. The molecule has 0 aromatic heterocycles. The van der Waals surface area contributed by atoms with Crippen molar-refractivity contribution in [1.82, 2.24) is 10.9 Å². The summed E-state index contributed by atoms with van der Waals surface area (Å²) in [6.07, 6.45) is 0.594. The van der Waals surface area contributed by atoms with Crippen molar-refractivity contribution in [1.29, 1.82) is 0 Å². The standard InChI is InChI=1S/C13H18N2O2/c1-13(2,9-6-4-3-5-7-9)11-8-10(12(16)17)14-15-11/h3-7,10-11,14-15H,8H2,1-2H3,(H,16,17). The van der Waals surface area contributed by atoms with Crippen LogP contribution in [-0.4, -0.2) is 23.2 Å². The highest BCUT2D eigenvalue weighted by molar-refractivity contribution is 5.73. The van der Waals surface area contributed by atoms with Crippen molar-refractivity contribution in [2.24, 2.45) is 0 Å². The Kier molecular flexibility index (Phi) is 3.17. The fourth-order valence-corrected chi connectivity index (χ4v) is 2.26. The van der Waals surface area contributed by atoms with Crippen LogP contribution in [-0.2, 0) is 10.2 Å². The van der Waals surface area contributed by atoms with Crippen LogP contribution in [0.1, 0.15) is 25.8 Å². The molecule has 17 heavy (non-hydrogen) atoms. The van der Waals surface area contributed by atoms with Crippen molar-refractivity contribution in [3.63, 3.8) is 0 Å². The molecule has 1 heterocycles. The van der Waals surface area contributed by atoms with Crippen molar-refractivity contribution in [3.8, 4) is 0 Å². The second kappa shape index (κ2) is 4.47. The summed E-state index contributed by atoms with van der Waals surface area (Å²) in [5.74, 6) is -0.802. The molecule has 0 bridgehead atoms. The van der Waals surface area contributed by atoms with Gasteiger partial charge in [0.15, 0.2) is 0 Å². The molecule has 2 rings (SSSR count). The summed E-state index contributed by atoms with van der Waals surface area (Å²) in [7, 11) is 0. The maximum Gasteiger partial charge on any atom is 0.322 e. The van der Waals surface area contributed by atoms with Gasteiger partial charge in [0.1, 0.15) is 6.04 Å². The van der Waals surface area contributed by atoms with Crippen molar-refractivity contribution < 1.29 is 9.90 Å². The molecule has 0 aliphatic carbocycles. The minimum atomic E-state index is -0.802. The minimum Gasteiger partial charge on any atom is -0.480 e. The molecule has 3 N–H and O–H groups in total. The van der Waals surface area contributed by atoms with E-state index in [1.54, 1.807) is 0 Å². The SMILES string of the molecule is CC(C)(c1ccccc1)C1CC(C(=O)O)NN1. The summed E-state index contributed by atoms with van der Waals surface area (Å²) in [4.78, 5) is 10.9. The van der Waals surface area contributed by atoms with Crippen molar-refractivity contribution >= 4 is 5.97 Å². The van der Waals surface area contributed by atoms with Gasteiger partial charge in [0, 0.05) is 11.5 Å². The Labute approximate surface area is 101 Å². The van der Waals surface area contributed by atoms with E-state index < -0.39 is 12.0 Å². The first-order valence-electron chi connectivity index (χ1n) is 5.81. The van der Waals surface area contributed by atoms with E-state index >= 15 is 0 Å². The molecular formula is C13H18N2O2. The van der Waals surface area contributed by atoms with Crippen molar-refractivity contribution in [3.05, 3.63) is 35.9 Å². The lowest BCUT2D eigenvalue weighted by molar-refractivity contribution is -0.139. The van der Waals surface area contributed by atoms with Gasteiger partial charge >= 0.3 is 5.97 Å². The zero-order valence-corrected chi connectivity index (χ0v) is 10.1. The summed E-state index contributed by atoms with van der Waals surface area (Å²) in [5.41, 5.74) is 7.04. The normalized spacial score (nSPS) is 24.8. The third kappa shape index (κ3) is 2.33. The van der Waals surface area contributed by atoms with Gasteiger partial charge in [-0.2, -0.15) is 0 Å². The third-order valence-electron chi connectivity index (χ3n) is 3.59. The van der Waals surface area contributed by atoms with E-state index in [1.165, 1.54) is 5.56 Å². The van der Waals surface area contributed by atoms with Crippen LogP contribution in [0.4, 0.5) is 0 Å². The van der Waals surface area contributed by atoms with Gasteiger partial charge in [-0.15, -0.1) is 0 Å². The van der Waals surface area contributed by atoms with Crippen LogP contribution in [0.15, 0.2) is 30.3 Å². The summed E-state index contributed by atoms with van der Waals surface area (Å²) in [6, 6.07) is 9.78. The first-order chi connectivity index (χ1) is 8.01. The zero-order valence-electron chi connectivity index (χ0n) is 10.1. The molecule has 2 unspecified atom stereocenters. The number of hydrogen-bond donors (Lipinski definition) is 3. The maximum absolute atomic E-state index is 10.9. The fourth-order valence-electron chi connectivity index (χ4n) is 2.26. The lowest BCUT2D eigenvalue weighted by atomic mass is 9.76. The fraction of sp³-hybridized carbons (Fsp3) is 0.462. The van der Waals surface area contributed by atoms with Crippen molar-refractivity contribution in [2.75, 3.05) is 0 Å². The molecule has 0 radical (unpaired) electrons. The second-order valence-corrected chi connectivity index (χ2v) is 5.06. The number of carboxylic acid groups (broad SMARTS) is 1. The average molecular weight is 234 g/mol. The molecule has 1 aliphatic heterocycles. The minimum absolute atomic E-state index is 0.0988. The van der Waals surface area contributed by atoms with Crippen LogP contribution in [0, 0.1) is 0 Å². The lowest BCUT2D eigenvalue weighted by Crippen LogP contribution is -2.44. The van der Waals surface area contributed by atoms with E-state index in [4.69, 9.17) is 5.11 Å². The molecule has 1 fully saturated rings.